The number of nitrogens with two attached hydrogens (primary N) is 1. The van der Waals surface area contributed by atoms with E-state index in [2.05, 4.69) is 9.97 Å². The second-order valence-corrected chi connectivity index (χ2v) is 4.49. The summed E-state index contributed by atoms with van der Waals surface area (Å²) in [6.45, 7) is 1.93. The normalized spacial score (nSPS) is 13.0. The standard InChI is InChI=1S/C14H15N3O/c1-9-4-5-11(18-9)8-12(15)13-7-10-3-2-6-16-14(10)17-13/h2-7,12H,8,15H2,1H3,(H,16,17). The number of nitrogens with zero attached hydrogens (tertiary/aromatic N) is 1. The van der Waals surface area contributed by atoms with Gasteiger partial charge < -0.3 is 15.1 Å². The van der Waals surface area contributed by atoms with Gasteiger partial charge in [-0.25, -0.2) is 4.98 Å². The summed E-state index contributed by atoms with van der Waals surface area (Å²) in [4.78, 5) is 7.51. The lowest BCUT2D eigenvalue weighted by Crippen LogP contribution is -2.13. The minimum absolute atomic E-state index is 0.107. The molecule has 3 aromatic heterocycles. The molecule has 92 valence electrons. The minimum Gasteiger partial charge on any atom is -0.466 e. The fourth-order valence-electron chi connectivity index (χ4n) is 2.10. The Morgan fingerprint density at radius 2 is 2.28 bits per heavy atom. The predicted molar refractivity (Wildman–Crippen MR) is 70.2 cm³/mol. The summed E-state index contributed by atoms with van der Waals surface area (Å²) < 4.78 is 5.54. The molecule has 0 aliphatic heterocycles. The number of furan rings is 1. The van der Waals surface area contributed by atoms with Gasteiger partial charge in [-0.1, -0.05) is 0 Å². The van der Waals surface area contributed by atoms with Gasteiger partial charge in [-0.3, -0.25) is 0 Å². The van der Waals surface area contributed by atoms with E-state index >= 15 is 0 Å². The van der Waals surface area contributed by atoms with Crippen LogP contribution in [-0.2, 0) is 6.42 Å². The third-order valence-corrected chi connectivity index (χ3v) is 3.03. The van der Waals surface area contributed by atoms with Crippen LogP contribution in [0.25, 0.3) is 11.0 Å². The lowest BCUT2D eigenvalue weighted by Gasteiger charge is -2.07. The van der Waals surface area contributed by atoms with Crippen molar-refractivity contribution in [3.05, 3.63) is 53.7 Å². The Kier molecular flexibility index (Phi) is 2.64. The van der Waals surface area contributed by atoms with Crippen LogP contribution >= 0.6 is 0 Å². The zero-order valence-electron chi connectivity index (χ0n) is 10.2. The van der Waals surface area contributed by atoms with E-state index < -0.39 is 0 Å². The van der Waals surface area contributed by atoms with E-state index in [9.17, 15) is 0 Å². The molecule has 1 unspecified atom stereocenters. The fourth-order valence-corrected chi connectivity index (χ4v) is 2.10. The second kappa shape index (κ2) is 4.31. The van der Waals surface area contributed by atoms with Crippen LogP contribution in [0.3, 0.4) is 0 Å². The summed E-state index contributed by atoms with van der Waals surface area (Å²) in [5.41, 5.74) is 8.04. The van der Waals surface area contributed by atoms with Gasteiger partial charge in [-0.15, -0.1) is 0 Å². The molecule has 0 saturated carbocycles. The maximum atomic E-state index is 6.18. The van der Waals surface area contributed by atoms with Crippen molar-refractivity contribution in [2.45, 2.75) is 19.4 Å². The molecule has 18 heavy (non-hydrogen) atoms. The summed E-state index contributed by atoms with van der Waals surface area (Å²) in [6, 6.07) is 9.80. The molecule has 1 atom stereocenters. The summed E-state index contributed by atoms with van der Waals surface area (Å²) in [7, 11) is 0. The number of aromatic nitrogens is 2. The first kappa shape index (κ1) is 11.0. The van der Waals surface area contributed by atoms with Gasteiger partial charge >= 0.3 is 0 Å². The number of nitrogens with one attached hydrogen (secondary N) is 1. The highest BCUT2D eigenvalue weighted by Gasteiger charge is 2.12. The Hall–Kier alpha value is -2.07. The van der Waals surface area contributed by atoms with Crippen LogP contribution in [0.4, 0.5) is 0 Å². The van der Waals surface area contributed by atoms with Gasteiger partial charge in [-0.05, 0) is 37.3 Å². The molecule has 0 saturated heterocycles. The second-order valence-electron chi connectivity index (χ2n) is 4.49. The van der Waals surface area contributed by atoms with Crippen LogP contribution in [0.5, 0.6) is 0 Å². The number of pyridine rings is 1. The van der Waals surface area contributed by atoms with Gasteiger partial charge in [0, 0.05) is 23.7 Å². The van der Waals surface area contributed by atoms with Crippen molar-refractivity contribution in [1.29, 1.82) is 0 Å². The predicted octanol–water partition coefficient (Wildman–Crippen LogP) is 2.71. The Labute approximate surface area is 105 Å². The zero-order chi connectivity index (χ0) is 12.5. The molecule has 3 rings (SSSR count). The number of hydrogen-bond acceptors (Lipinski definition) is 3. The molecule has 3 aromatic rings. The van der Waals surface area contributed by atoms with Crippen molar-refractivity contribution in [1.82, 2.24) is 9.97 Å². The molecule has 0 aromatic carbocycles. The first-order valence-corrected chi connectivity index (χ1v) is 5.97. The third-order valence-electron chi connectivity index (χ3n) is 3.03. The number of aromatic amines is 1. The van der Waals surface area contributed by atoms with Crippen molar-refractivity contribution in [2.75, 3.05) is 0 Å². The number of H-pyrrole nitrogens is 1. The molecule has 0 radical (unpaired) electrons. The summed E-state index contributed by atoms with van der Waals surface area (Å²) >= 11 is 0. The highest BCUT2D eigenvalue weighted by molar-refractivity contribution is 5.76. The van der Waals surface area contributed by atoms with E-state index in [1.165, 1.54) is 0 Å². The van der Waals surface area contributed by atoms with Crippen molar-refractivity contribution < 1.29 is 4.42 Å². The molecule has 0 aliphatic carbocycles. The van der Waals surface area contributed by atoms with Crippen molar-refractivity contribution in [3.63, 3.8) is 0 Å². The van der Waals surface area contributed by atoms with Gasteiger partial charge in [0.25, 0.3) is 0 Å². The molecule has 0 spiro atoms. The van der Waals surface area contributed by atoms with Crippen LogP contribution < -0.4 is 5.73 Å². The van der Waals surface area contributed by atoms with Crippen LogP contribution in [0, 0.1) is 6.92 Å². The van der Waals surface area contributed by atoms with Gasteiger partial charge in [-0.2, -0.15) is 0 Å². The van der Waals surface area contributed by atoms with E-state index in [-0.39, 0.29) is 6.04 Å². The van der Waals surface area contributed by atoms with E-state index in [1.54, 1.807) is 6.20 Å². The van der Waals surface area contributed by atoms with E-state index in [1.807, 2.05) is 37.3 Å². The average Bonchev–Trinajstić information content (AvgIpc) is 2.95. The highest BCUT2D eigenvalue weighted by atomic mass is 16.3. The lowest BCUT2D eigenvalue weighted by atomic mass is 10.1. The zero-order valence-corrected chi connectivity index (χ0v) is 10.2. The largest absolute Gasteiger partial charge is 0.466 e. The number of aryl methyl sites for hydroxylation is 1. The van der Waals surface area contributed by atoms with Crippen LogP contribution in [0.1, 0.15) is 23.3 Å². The molecule has 0 amide bonds. The van der Waals surface area contributed by atoms with Gasteiger partial charge in [0.1, 0.15) is 17.2 Å². The number of hydrogen-bond donors (Lipinski definition) is 2. The number of fused-ring (bicyclic) bond motifs is 1. The Bertz CT molecular complexity index is 635. The third kappa shape index (κ3) is 2.02. The molecular weight excluding hydrogens is 226 g/mol. The van der Waals surface area contributed by atoms with E-state index in [4.69, 9.17) is 10.2 Å². The highest BCUT2D eigenvalue weighted by Crippen LogP contribution is 2.20. The summed E-state index contributed by atoms with van der Waals surface area (Å²) in [5, 5.41) is 1.08. The molecule has 0 aliphatic rings. The molecule has 0 fully saturated rings. The fraction of sp³-hybridized carbons (Fsp3) is 0.214. The Morgan fingerprint density at radius 3 is 3.00 bits per heavy atom. The van der Waals surface area contributed by atoms with Gasteiger partial charge in [0.2, 0.25) is 0 Å². The molecule has 3 heterocycles. The Morgan fingerprint density at radius 1 is 1.39 bits per heavy atom. The molecule has 0 bridgehead atoms. The topological polar surface area (TPSA) is 67.8 Å². The van der Waals surface area contributed by atoms with Crippen molar-refractivity contribution >= 4 is 11.0 Å². The van der Waals surface area contributed by atoms with E-state index in [0.717, 1.165) is 28.2 Å². The monoisotopic (exact) mass is 241 g/mol. The summed E-state index contributed by atoms with van der Waals surface area (Å²) in [5.74, 6) is 1.82. The first-order valence-electron chi connectivity index (χ1n) is 5.97. The van der Waals surface area contributed by atoms with Crippen LogP contribution in [-0.4, -0.2) is 9.97 Å². The molecule has 4 nitrogen and oxygen atoms in total. The van der Waals surface area contributed by atoms with E-state index in [0.29, 0.717) is 6.42 Å². The Balaban J connectivity index is 1.85. The van der Waals surface area contributed by atoms with Gasteiger partial charge in [0.05, 0.1) is 6.04 Å². The number of rotatable bonds is 3. The van der Waals surface area contributed by atoms with Crippen LogP contribution in [0.2, 0.25) is 0 Å². The first-order chi connectivity index (χ1) is 8.72. The molecular formula is C14H15N3O. The quantitative estimate of drug-likeness (QED) is 0.740. The average molecular weight is 241 g/mol. The van der Waals surface area contributed by atoms with Crippen molar-refractivity contribution in [2.24, 2.45) is 5.73 Å². The smallest absolute Gasteiger partial charge is 0.137 e. The minimum atomic E-state index is -0.107. The SMILES string of the molecule is Cc1ccc(CC(N)c2cc3cccnc3[nH]2)o1. The lowest BCUT2D eigenvalue weighted by molar-refractivity contribution is 0.465. The van der Waals surface area contributed by atoms with Crippen LogP contribution in [0.15, 0.2) is 40.9 Å². The molecule has 3 N–H and O–H groups in total. The van der Waals surface area contributed by atoms with Gasteiger partial charge in [0.15, 0.2) is 0 Å². The summed E-state index contributed by atoms with van der Waals surface area (Å²) in [6.07, 6.45) is 2.45. The van der Waals surface area contributed by atoms with Crippen molar-refractivity contribution in [3.8, 4) is 0 Å². The maximum absolute atomic E-state index is 6.18. The maximum Gasteiger partial charge on any atom is 0.137 e. The molecule has 4 heteroatoms.